The molecule has 2 heteroatoms. The largest absolute Gasteiger partial charge is 0.481 e. The quantitative estimate of drug-likeness (QED) is 0.800. The van der Waals surface area contributed by atoms with Gasteiger partial charge in [0, 0.05) is 6.42 Å². The van der Waals surface area contributed by atoms with E-state index in [2.05, 4.69) is 6.92 Å². The summed E-state index contributed by atoms with van der Waals surface area (Å²) in [5.41, 5.74) is 0. The van der Waals surface area contributed by atoms with Gasteiger partial charge < -0.3 is 5.11 Å². The summed E-state index contributed by atoms with van der Waals surface area (Å²) < 4.78 is 0. The van der Waals surface area contributed by atoms with Crippen LogP contribution >= 0.6 is 0 Å². The SMILES string of the molecule is CCCC1CCC2CC(CC(=O)O)CCC2C1. The fourth-order valence-corrected chi connectivity index (χ4v) is 4.19. The standard InChI is InChI=1S/C15H26O2/c1-2-3-11-4-6-14-9-12(10-15(16)17)5-7-13(14)8-11/h11-14H,2-10H2,1H3,(H,16,17). The summed E-state index contributed by atoms with van der Waals surface area (Å²) in [6.07, 6.45) is 11.0. The van der Waals surface area contributed by atoms with Gasteiger partial charge in [-0.25, -0.2) is 0 Å². The average molecular weight is 238 g/mol. The molecule has 2 aliphatic rings. The lowest BCUT2D eigenvalue weighted by molar-refractivity contribution is -0.138. The molecule has 0 spiro atoms. The number of hydrogen-bond acceptors (Lipinski definition) is 1. The van der Waals surface area contributed by atoms with Crippen LogP contribution in [0.5, 0.6) is 0 Å². The minimum absolute atomic E-state index is 0.404. The predicted octanol–water partition coefficient (Wildman–Crippen LogP) is 4.09. The molecule has 0 aromatic carbocycles. The molecule has 0 aromatic rings. The first-order chi connectivity index (χ1) is 8.19. The molecular formula is C15H26O2. The van der Waals surface area contributed by atoms with Gasteiger partial charge in [0.15, 0.2) is 0 Å². The van der Waals surface area contributed by atoms with Gasteiger partial charge in [-0.2, -0.15) is 0 Å². The molecule has 2 rings (SSSR count). The van der Waals surface area contributed by atoms with E-state index in [0.717, 1.165) is 24.2 Å². The molecule has 98 valence electrons. The molecule has 0 radical (unpaired) electrons. The summed E-state index contributed by atoms with van der Waals surface area (Å²) in [5.74, 6) is 2.61. The monoisotopic (exact) mass is 238 g/mol. The van der Waals surface area contributed by atoms with Crippen molar-refractivity contribution in [3.05, 3.63) is 0 Å². The highest BCUT2D eigenvalue weighted by molar-refractivity contribution is 5.67. The molecule has 1 N–H and O–H groups in total. The van der Waals surface area contributed by atoms with E-state index in [4.69, 9.17) is 5.11 Å². The normalized spacial score (nSPS) is 37.5. The molecule has 2 nitrogen and oxygen atoms in total. The van der Waals surface area contributed by atoms with Crippen molar-refractivity contribution in [3.63, 3.8) is 0 Å². The van der Waals surface area contributed by atoms with Crippen LogP contribution in [0.3, 0.4) is 0 Å². The van der Waals surface area contributed by atoms with Crippen molar-refractivity contribution >= 4 is 5.97 Å². The van der Waals surface area contributed by atoms with Crippen LogP contribution in [0, 0.1) is 23.7 Å². The summed E-state index contributed by atoms with van der Waals surface area (Å²) in [7, 11) is 0. The van der Waals surface area contributed by atoms with Crippen LogP contribution in [0.1, 0.15) is 64.7 Å². The molecule has 2 saturated carbocycles. The molecule has 4 unspecified atom stereocenters. The van der Waals surface area contributed by atoms with Crippen LogP contribution in [0.25, 0.3) is 0 Å². The Morgan fingerprint density at radius 2 is 1.65 bits per heavy atom. The Bertz CT molecular complexity index is 262. The van der Waals surface area contributed by atoms with Crippen molar-refractivity contribution in [1.29, 1.82) is 0 Å². The highest BCUT2D eigenvalue weighted by Crippen LogP contribution is 2.46. The molecule has 0 saturated heterocycles. The Morgan fingerprint density at radius 3 is 2.24 bits per heavy atom. The molecule has 2 fully saturated rings. The second kappa shape index (κ2) is 5.88. The first-order valence-corrected chi connectivity index (χ1v) is 7.40. The molecular weight excluding hydrogens is 212 g/mol. The molecule has 0 bridgehead atoms. The van der Waals surface area contributed by atoms with Crippen LogP contribution in [0.4, 0.5) is 0 Å². The maximum atomic E-state index is 10.8. The maximum absolute atomic E-state index is 10.8. The minimum Gasteiger partial charge on any atom is -0.481 e. The summed E-state index contributed by atoms with van der Waals surface area (Å²) >= 11 is 0. The van der Waals surface area contributed by atoms with Gasteiger partial charge in [-0.1, -0.05) is 26.2 Å². The van der Waals surface area contributed by atoms with Crippen molar-refractivity contribution in [3.8, 4) is 0 Å². The predicted molar refractivity (Wildman–Crippen MR) is 68.8 cm³/mol. The van der Waals surface area contributed by atoms with E-state index in [1.54, 1.807) is 0 Å². The summed E-state index contributed by atoms with van der Waals surface area (Å²) in [6.45, 7) is 2.29. The fourth-order valence-electron chi connectivity index (χ4n) is 4.19. The molecule has 0 aromatic heterocycles. The second-order valence-electron chi connectivity index (χ2n) is 6.26. The van der Waals surface area contributed by atoms with Crippen LogP contribution in [-0.4, -0.2) is 11.1 Å². The van der Waals surface area contributed by atoms with E-state index in [0.29, 0.717) is 12.3 Å². The van der Waals surface area contributed by atoms with Crippen molar-refractivity contribution in [1.82, 2.24) is 0 Å². The molecule has 4 atom stereocenters. The fraction of sp³-hybridized carbons (Fsp3) is 0.933. The number of aliphatic carboxylic acids is 1. The number of carbonyl (C=O) groups is 1. The lowest BCUT2D eigenvalue weighted by Crippen LogP contribution is -2.31. The minimum atomic E-state index is -0.604. The maximum Gasteiger partial charge on any atom is 0.303 e. The van der Waals surface area contributed by atoms with Gasteiger partial charge >= 0.3 is 5.97 Å². The van der Waals surface area contributed by atoms with Crippen molar-refractivity contribution < 1.29 is 9.90 Å². The van der Waals surface area contributed by atoms with Gasteiger partial charge in [0.2, 0.25) is 0 Å². The molecule has 0 aliphatic heterocycles. The Morgan fingerprint density at radius 1 is 1.06 bits per heavy atom. The summed E-state index contributed by atoms with van der Waals surface area (Å²) in [6, 6.07) is 0. The van der Waals surface area contributed by atoms with E-state index in [9.17, 15) is 4.79 Å². The molecule has 0 heterocycles. The number of carboxylic acids is 1. The van der Waals surface area contributed by atoms with Gasteiger partial charge in [-0.3, -0.25) is 4.79 Å². The van der Waals surface area contributed by atoms with E-state index in [-0.39, 0.29) is 0 Å². The van der Waals surface area contributed by atoms with Crippen LogP contribution < -0.4 is 0 Å². The highest BCUT2D eigenvalue weighted by Gasteiger charge is 2.35. The van der Waals surface area contributed by atoms with Gasteiger partial charge in [0.05, 0.1) is 0 Å². The smallest absolute Gasteiger partial charge is 0.303 e. The van der Waals surface area contributed by atoms with Crippen LogP contribution in [-0.2, 0) is 4.79 Å². The Hall–Kier alpha value is -0.530. The average Bonchev–Trinajstić information content (AvgIpc) is 2.29. The lowest BCUT2D eigenvalue weighted by Gasteiger charge is -2.42. The van der Waals surface area contributed by atoms with E-state index in [1.165, 1.54) is 44.9 Å². The summed E-state index contributed by atoms with van der Waals surface area (Å²) in [4.78, 5) is 10.8. The molecule has 0 amide bonds. The van der Waals surface area contributed by atoms with Crippen molar-refractivity contribution in [2.75, 3.05) is 0 Å². The third kappa shape index (κ3) is 3.46. The number of hydrogen-bond donors (Lipinski definition) is 1. The number of rotatable bonds is 4. The molecule has 17 heavy (non-hydrogen) atoms. The van der Waals surface area contributed by atoms with E-state index in [1.807, 2.05) is 0 Å². The third-order valence-electron chi connectivity index (χ3n) is 4.99. The highest BCUT2D eigenvalue weighted by atomic mass is 16.4. The Balaban J connectivity index is 1.82. The van der Waals surface area contributed by atoms with Crippen LogP contribution in [0.15, 0.2) is 0 Å². The summed E-state index contributed by atoms with van der Waals surface area (Å²) in [5, 5.41) is 8.87. The van der Waals surface area contributed by atoms with Gasteiger partial charge in [0.1, 0.15) is 0 Å². The number of fused-ring (bicyclic) bond motifs is 1. The lowest BCUT2D eigenvalue weighted by atomic mass is 9.64. The van der Waals surface area contributed by atoms with Gasteiger partial charge in [0.25, 0.3) is 0 Å². The topological polar surface area (TPSA) is 37.3 Å². The van der Waals surface area contributed by atoms with E-state index >= 15 is 0 Å². The molecule has 2 aliphatic carbocycles. The van der Waals surface area contributed by atoms with Crippen molar-refractivity contribution in [2.45, 2.75) is 64.7 Å². The zero-order chi connectivity index (χ0) is 12.3. The first kappa shape index (κ1) is 12.9. The zero-order valence-corrected chi connectivity index (χ0v) is 11.0. The third-order valence-corrected chi connectivity index (χ3v) is 4.99. The van der Waals surface area contributed by atoms with Gasteiger partial charge in [-0.15, -0.1) is 0 Å². The van der Waals surface area contributed by atoms with E-state index < -0.39 is 5.97 Å². The Labute approximate surface area is 105 Å². The van der Waals surface area contributed by atoms with Crippen molar-refractivity contribution in [2.24, 2.45) is 23.7 Å². The second-order valence-corrected chi connectivity index (χ2v) is 6.26. The zero-order valence-electron chi connectivity index (χ0n) is 11.0. The Kier molecular flexibility index (Phi) is 4.47. The van der Waals surface area contributed by atoms with Gasteiger partial charge in [-0.05, 0) is 55.8 Å². The first-order valence-electron chi connectivity index (χ1n) is 7.40. The van der Waals surface area contributed by atoms with Crippen LogP contribution in [0.2, 0.25) is 0 Å². The number of carboxylic acid groups (broad SMARTS) is 1.